The van der Waals surface area contributed by atoms with Gasteiger partial charge in [-0.1, -0.05) is 12.1 Å². The van der Waals surface area contributed by atoms with Gasteiger partial charge in [0.2, 0.25) is 0 Å². The third-order valence-corrected chi connectivity index (χ3v) is 3.06. The number of methoxy groups -OCH3 is 3. The minimum Gasteiger partial charge on any atom is -0.496 e. The van der Waals surface area contributed by atoms with Gasteiger partial charge in [0.25, 0.3) is 0 Å². The van der Waals surface area contributed by atoms with Gasteiger partial charge in [-0.3, -0.25) is 0 Å². The summed E-state index contributed by atoms with van der Waals surface area (Å²) in [5.74, 6) is 1.63. The first-order valence-electron chi connectivity index (χ1n) is 4.63. The van der Waals surface area contributed by atoms with Crippen LogP contribution in [0.3, 0.4) is 0 Å². The first kappa shape index (κ1) is 12.4. The summed E-state index contributed by atoms with van der Waals surface area (Å²) in [5.41, 5.74) is 0. The van der Waals surface area contributed by atoms with Crippen molar-refractivity contribution in [3.63, 3.8) is 0 Å². The average molecular weight is 228 g/mol. The Hall–Kier alpha value is -0.710. The first-order valence-corrected chi connectivity index (χ1v) is 5.61. The Balaban J connectivity index is 2.56. The minimum absolute atomic E-state index is 0.181. The van der Waals surface area contributed by atoms with Crippen molar-refractivity contribution in [1.29, 1.82) is 0 Å². The van der Waals surface area contributed by atoms with E-state index in [0.29, 0.717) is 0 Å². The summed E-state index contributed by atoms with van der Waals surface area (Å²) < 4.78 is 15.5. The van der Waals surface area contributed by atoms with Gasteiger partial charge in [0, 0.05) is 24.9 Å². The van der Waals surface area contributed by atoms with Gasteiger partial charge in [0.1, 0.15) is 5.75 Å². The second-order valence-electron chi connectivity index (χ2n) is 2.86. The third kappa shape index (κ3) is 3.74. The molecular weight excluding hydrogens is 212 g/mol. The van der Waals surface area contributed by atoms with E-state index in [1.54, 1.807) is 33.1 Å². The molecule has 0 amide bonds. The summed E-state index contributed by atoms with van der Waals surface area (Å²) >= 11 is 1.65. The molecule has 0 radical (unpaired) electrons. The van der Waals surface area contributed by atoms with Crippen LogP contribution in [0.25, 0.3) is 0 Å². The summed E-state index contributed by atoms with van der Waals surface area (Å²) in [6, 6.07) is 7.90. The Kier molecular flexibility index (Phi) is 5.53. The van der Waals surface area contributed by atoms with Crippen molar-refractivity contribution in [3.8, 4) is 5.75 Å². The van der Waals surface area contributed by atoms with Gasteiger partial charge >= 0.3 is 0 Å². The van der Waals surface area contributed by atoms with Crippen molar-refractivity contribution in [2.24, 2.45) is 0 Å². The van der Waals surface area contributed by atoms with Gasteiger partial charge in [-0.2, -0.15) is 0 Å². The van der Waals surface area contributed by atoms with Crippen molar-refractivity contribution in [3.05, 3.63) is 24.3 Å². The number of rotatable bonds is 6. The standard InChI is InChI=1S/C11H16O3S/c1-12-9-6-4-5-7-10(9)15-8-11(13-2)14-3/h4-7,11H,8H2,1-3H3. The van der Waals surface area contributed by atoms with Gasteiger partial charge < -0.3 is 14.2 Å². The molecule has 0 heterocycles. The predicted molar refractivity (Wildman–Crippen MR) is 61.5 cm³/mol. The van der Waals surface area contributed by atoms with Gasteiger partial charge in [0.15, 0.2) is 6.29 Å². The second-order valence-corrected chi connectivity index (χ2v) is 3.92. The predicted octanol–water partition coefficient (Wildman–Crippen LogP) is 2.41. The maximum absolute atomic E-state index is 5.24. The minimum atomic E-state index is -0.181. The van der Waals surface area contributed by atoms with E-state index in [0.717, 1.165) is 16.4 Å². The Morgan fingerprint density at radius 3 is 2.40 bits per heavy atom. The van der Waals surface area contributed by atoms with Crippen LogP contribution in [0.1, 0.15) is 0 Å². The van der Waals surface area contributed by atoms with E-state index in [1.807, 2.05) is 24.3 Å². The van der Waals surface area contributed by atoms with Crippen LogP contribution in [0.4, 0.5) is 0 Å². The zero-order chi connectivity index (χ0) is 11.1. The quantitative estimate of drug-likeness (QED) is 0.552. The molecule has 84 valence electrons. The Morgan fingerprint density at radius 1 is 1.13 bits per heavy atom. The number of ether oxygens (including phenoxy) is 3. The van der Waals surface area contributed by atoms with E-state index >= 15 is 0 Å². The molecule has 0 unspecified atom stereocenters. The van der Waals surface area contributed by atoms with Crippen molar-refractivity contribution < 1.29 is 14.2 Å². The van der Waals surface area contributed by atoms with Crippen molar-refractivity contribution in [2.45, 2.75) is 11.2 Å². The SMILES string of the molecule is COc1ccccc1SCC(OC)OC. The second kappa shape index (κ2) is 6.71. The third-order valence-electron chi connectivity index (χ3n) is 1.97. The molecule has 15 heavy (non-hydrogen) atoms. The highest BCUT2D eigenvalue weighted by Crippen LogP contribution is 2.29. The average Bonchev–Trinajstić information content (AvgIpc) is 2.31. The number of hydrogen-bond acceptors (Lipinski definition) is 4. The molecule has 0 aliphatic carbocycles. The molecule has 0 aliphatic rings. The van der Waals surface area contributed by atoms with Crippen LogP contribution >= 0.6 is 11.8 Å². The molecule has 1 aromatic carbocycles. The monoisotopic (exact) mass is 228 g/mol. The van der Waals surface area contributed by atoms with Crippen LogP contribution < -0.4 is 4.74 Å². The smallest absolute Gasteiger partial charge is 0.166 e. The van der Waals surface area contributed by atoms with Crippen LogP contribution in [-0.2, 0) is 9.47 Å². The Labute approximate surface area is 94.7 Å². The molecule has 0 aliphatic heterocycles. The van der Waals surface area contributed by atoms with E-state index < -0.39 is 0 Å². The van der Waals surface area contributed by atoms with Gasteiger partial charge in [-0.25, -0.2) is 0 Å². The fraction of sp³-hybridized carbons (Fsp3) is 0.455. The highest BCUT2D eigenvalue weighted by Gasteiger charge is 2.08. The van der Waals surface area contributed by atoms with Crippen LogP contribution in [0.2, 0.25) is 0 Å². The van der Waals surface area contributed by atoms with Crippen LogP contribution in [0.15, 0.2) is 29.2 Å². The number of hydrogen-bond donors (Lipinski definition) is 0. The molecule has 4 heteroatoms. The molecule has 3 nitrogen and oxygen atoms in total. The van der Waals surface area contributed by atoms with Crippen molar-refractivity contribution in [2.75, 3.05) is 27.1 Å². The summed E-state index contributed by atoms with van der Waals surface area (Å²) in [6.45, 7) is 0. The normalized spacial score (nSPS) is 10.7. The molecular formula is C11H16O3S. The lowest BCUT2D eigenvalue weighted by atomic mass is 10.3. The number of benzene rings is 1. The zero-order valence-corrected chi connectivity index (χ0v) is 10.0. The lowest BCUT2D eigenvalue weighted by Crippen LogP contribution is -2.15. The highest BCUT2D eigenvalue weighted by atomic mass is 32.2. The lowest BCUT2D eigenvalue weighted by Gasteiger charge is -2.13. The van der Waals surface area contributed by atoms with Gasteiger partial charge in [0.05, 0.1) is 7.11 Å². The van der Waals surface area contributed by atoms with Crippen molar-refractivity contribution in [1.82, 2.24) is 0 Å². The molecule has 0 spiro atoms. The molecule has 0 atom stereocenters. The van der Waals surface area contributed by atoms with Crippen molar-refractivity contribution >= 4 is 11.8 Å². The highest BCUT2D eigenvalue weighted by molar-refractivity contribution is 7.99. The Bertz CT molecular complexity index is 287. The molecule has 1 aromatic rings. The topological polar surface area (TPSA) is 27.7 Å². The molecule has 0 saturated carbocycles. The molecule has 0 N–H and O–H groups in total. The zero-order valence-electron chi connectivity index (χ0n) is 9.23. The molecule has 0 bridgehead atoms. The van der Waals surface area contributed by atoms with Gasteiger partial charge in [-0.15, -0.1) is 11.8 Å². The number of thioether (sulfide) groups is 1. The molecule has 0 aromatic heterocycles. The molecule has 0 fully saturated rings. The fourth-order valence-corrected chi connectivity index (χ4v) is 2.18. The van der Waals surface area contributed by atoms with E-state index in [9.17, 15) is 0 Å². The van der Waals surface area contributed by atoms with E-state index in [-0.39, 0.29) is 6.29 Å². The summed E-state index contributed by atoms with van der Waals surface area (Å²) in [7, 11) is 4.94. The van der Waals surface area contributed by atoms with E-state index in [2.05, 4.69) is 0 Å². The molecule has 1 rings (SSSR count). The summed E-state index contributed by atoms with van der Waals surface area (Å²) in [6.07, 6.45) is -0.181. The van der Waals surface area contributed by atoms with E-state index in [4.69, 9.17) is 14.2 Å². The van der Waals surface area contributed by atoms with Crippen LogP contribution in [0, 0.1) is 0 Å². The molecule has 0 saturated heterocycles. The van der Waals surface area contributed by atoms with E-state index in [1.165, 1.54) is 0 Å². The Morgan fingerprint density at radius 2 is 1.80 bits per heavy atom. The maximum atomic E-state index is 5.24. The summed E-state index contributed by atoms with van der Waals surface area (Å²) in [5, 5.41) is 0. The van der Waals surface area contributed by atoms with Crippen LogP contribution in [-0.4, -0.2) is 33.4 Å². The first-order chi connectivity index (χ1) is 7.31. The fourth-order valence-electron chi connectivity index (χ4n) is 1.13. The van der Waals surface area contributed by atoms with Gasteiger partial charge in [-0.05, 0) is 12.1 Å². The number of para-hydroxylation sites is 1. The maximum Gasteiger partial charge on any atom is 0.166 e. The van der Waals surface area contributed by atoms with Crippen LogP contribution in [0.5, 0.6) is 5.75 Å². The lowest BCUT2D eigenvalue weighted by molar-refractivity contribution is -0.0842. The summed E-state index contributed by atoms with van der Waals surface area (Å²) in [4.78, 5) is 1.10. The largest absolute Gasteiger partial charge is 0.496 e.